The molecule has 0 aromatic heterocycles. The van der Waals surface area contributed by atoms with Crippen molar-refractivity contribution in [3.8, 4) is 5.75 Å². The molecular weight excluding hydrogens is 713 g/mol. The second-order valence-electron chi connectivity index (χ2n) is 12.3. The predicted octanol–water partition coefficient (Wildman–Crippen LogP) is 5.91. The molecule has 4 rings (SSSR count). The first kappa shape index (κ1) is 38.9. The SMILES string of the molecule is C[C@@H]1CCCCO[C@@H](CN(C)S(=O)(=O)c2ccc(Cl)cc2)[C@H](C)CN([C@@H](C)CO)C(=O)c2cc(NS(=O)(=O)c3ccc(Cl)cc3)ccc2O1. The number of benzene rings is 3. The molecule has 15 heteroatoms. The molecule has 0 fully saturated rings. The lowest BCUT2D eigenvalue weighted by Gasteiger charge is -2.35. The fraction of sp³-hybridized carbons (Fsp3) is 0.441. The highest BCUT2D eigenvalue weighted by atomic mass is 35.5. The third-order valence-corrected chi connectivity index (χ3v) is 12.1. The van der Waals surface area contributed by atoms with Gasteiger partial charge in [-0.2, -0.15) is 4.31 Å². The van der Waals surface area contributed by atoms with Crippen LogP contribution in [-0.2, 0) is 24.8 Å². The van der Waals surface area contributed by atoms with E-state index in [1.54, 1.807) is 13.0 Å². The van der Waals surface area contributed by atoms with Crippen LogP contribution in [0.2, 0.25) is 10.0 Å². The molecule has 2 N–H and O–H groups in total. The van der Waals surface area contributed by atoms with Crippen LogP contribution >= 0.6 is 23.2 Å². The molecule has 1 aliphatic rings. The van der Waals surface area contributed by atoms with Crippen LogP contribution in [0.1, 0.15) is 50.4 Å². The summed E-state index contributed by atoms with van der Waals surface area (Å²) in [5, 5.41) is 11.0. The summed E-state index contributed by atoms with van der Waals surface area (Å²) in [5.74, 6) is -0.617. The van der Waals surface area contributed by atoms with Gasteiger partial charge in [-0.3, -0.25) is 9.52 Å². The monoisotopic (exact) mass is 755 g/mol. The largest absolute Gasteiger partial charge is 0.490 e. The molecule has 49 heavy (non-hydrogen) atoms. The van der Waals surface area contributed by atoms with Crippen molar-refractivity contribution in [3.05, 3.63) is 82.3 Å². The number of aliphatic hydroxyl groups is 1. The number of fused-ring (bicyclic) bond motifs is 1. The molecule has 1 aliphatic heterocycles. The van der Waals surface area contributed by atoms with Crippen molar-refractivity contribution in [2.24, 2.45) is 5.92 Å². The number of sulfonamides is 2. The second-order valence-corrected chi connectivity index (χ2v) is 16.9. The Morgan fingerprint density at radius 2 is 1.57 bits per heavy atom. The quantitative estimate of drug-likeness (QED) is 0.275. The number of nitrogens with one attached hydrogen (secondary N) is 1. The average Bonchev–Trinajstić information content (AvgIpc) is 3.06. The van der Waals surface area contributed by atoms with Crippen molar-refractivity contribution in [2.75, 3.05) is 38.1 Å². The van der Waals surface area contributed by atoms with E-state index in [1.807, 2.05) is 13.8 Å². The molecule has 0 saturated carbocycles. The Morgan fingerprint density at radius 1 is 0.959 bits per heavy atom. The van der Waals surface area contributed by atoms with E-state index in [4.69, 9.17) is 32.7 Å². The van der Waals surface area contributed by atoms with Gasteiger partial charge in [0.25, 0.3) is 15.9 Å². The van der Waals surface area contributed by atoms with Gasteiger partial charge in [0.1, 0.15) is 5.75 Å². The maximum atomic E-state index is 14.4. The van der Waals surface area contributed by atoms with Crippen LogP contribution in [0.4, 0.5) is 5.69 Å². The third kappa shape index (κ3) is 10.1. The van der Waals surface area contributed by atoms with E-state index in [0.29, 0.717) is 29.5 Å². The minimum atomic E-state index is -4.02. The lowest BCUT2D eigenvalue weighted by Crippen LogP contribution is -2.48. The summed E-state index contributed by atoms with van der Waals surface area (Å²) in [6, 6.07) is 15.5. The van der Waals surface area contributed by atoms with Gasteiger partial charge in [-0.1, -0.05) is 30.1 Å². The van der Waals surface area contributed by atoms with Crippen LogP contribution in [0.3, 0.4) is 0 Å². The average molecular weight is 757 g/mol. The topological polar surface area (TPSA) is 143 Å². The summed E-state index contributed by atoms with van der Waals surface area (Å²) < 4.78 is 69.5. The Hall–Kier alpha value is -2.91. The number of halogens is 2. The number of carbonyl (C=O) groups is 1. The molecule has 0 aliphatic carbocycles. The van der Waals surface area contributed by atoms with Gasteiger partial charge in [0.05, 0.1) is 40.2 Å². The Labute approximate surface area is 299 Å². The van der Waals surface area contributed by atoms with Gasteiger partial charge in [-0.05, 0) is 99.8 Å². The smallest absolute Gasteiger partial charge is 0.261 e. The Balaban J connectivity index is 1.67. The minimum absolute atomic E-state index is 0.00776. The van der Waals surface area contributed by atoms with Crippen LogP contribution < -0.4 is 9.46 Å². The number of hydrogen-bond acceptors (Lipinski definition) is 8. The number of amides is 1. The molecule has 0 spiro atoms. The van der Waals surface area contributed by atoms with Gasteiger partial charge >= 0.3 is 0 Å². The molecule has 268 valence electrons. The van der Waals surface area contributed by atoms with Crippen LogP contribution in [0.5, 0.6) is 5.75 Å². The van der Waals surface area contributed by atoms with E-state index in [-0.39, 0.29) is 52.6 Å². The van der Waals surface area contributed by atoms with Gasteiger partial charge in [0.2, 0.25) is 10.0 Å². The van der Waals surface area contributed by atoms with Crippen molar-refractivity contribution in [1.82, 2.24) is 9.21 Å². The van der Waals surface area contributed by atoms with Crippen LogP contribution in [0, 0.1) is 5.92 Å². The van der Waals surface area contributed by atoms with E-state index < -0.39 is 44.0 Å². The Bertz CT molecular complexity index is 1790. The Kier molecular flexibility index (Phi) is 13.4. The minimum Gasteiger partial charge on any atom is -0.490 e. The molecular formula is C34H43Cl2N3O8S2. The highest BCUT2D eigenvalue weighted by Gasteiger charge is 2.32. The lowest BCUT2D eigenvalue weighted by atomic mass is 10.0. The van der Waals surface area contributed by atoms with Crippen molar-refractivity contribution >= 4 is 54.8 Å². The molecule has 3 aromatic rings. The highest BCUT2D eigenvalue weighted by molar-refractivity contribution is 7.92. The van der Waals surface area contributed by atoms with Crippen molar-refractivity contribution in [3.63, 3.8) is 0 Å². The number of likely N-dealkylation sites (N-methyl/N-ethyl adjacent to an activating group) is 1. The zero-order chi connectivity index (χ0) is 35.9. The summed E-state index contributed by atoms with van der Waals surface area (Å²) in [4.78, 5) is 15.9. The first-order valence-electron chi connectivity index (χ1n) is 16.0. The lowest BCUT2D eigenvalue weighted by molar-refractivity contribution is -0.00833. The van der Waals surface area contributed by atoms with E-state index in [2.05, 4.69) is 4.72 Å². The summed E-state index contributed by atoms with van der Waals surface area (Å²) >= 11 is 11.9. The van der Waals surface area contributed by atoms with Crippen LogP contribution in [0.25, 0.3) is 0 Å². The number of anilines is 1. The van der Waals surface area contributed by atoms with E-state index in [9.17, 15) is 26.7 Å². The van der Waals surface area contributed by atoms with Gasteiger partial charge in [0.15, 0.2) is 0 Å². The third-order valence-electron chi connectivity index (χ3n) is 8.39. The number of aliphatic hydroxyl groups excluding tert-OH is 1. The van der Waals surface area contributed by atoms with Crippen LogP contribution in [-0.4, -0.2) is 88.7 Å². The molecule has 0 saturated heterocycles. The van der Waals surface area contributed by atoms with E-state index in [1.165, 1.54) is 76.9 Å². The molecule has 3 aromatic carbocycles. The number of rotatable bonds is 9. The maximum absolute atomic E-state index is 14.4. The van der Waals surface area contributed by atoms with Gasteiger partial charge in [0, 0.05) is 48.4 Å². The summed E-state index contributed by atoms with van der Waals surface area (Å²) in [5.41, 5.74) is 0.243. The van der Waals surface area contributed by atoms with Crippen molar-refractivity contribution < 1.29 is 36.2 Å². The standard InChI is InChI=1S/C34H43Cl2N3O8S2/c1-23-20-39(24(2)22-40)34(41)31-19-28(37-48(42,43)29-13-8-26(35)9-14-29)12-17-32(31)47-25(3)7-5-6-18-46-33(23)21-38(4)49(44,45)30-15-10-27(36)11-16-30/h8-17,19,23-25,33,37,40H,5-7,18,20-22H2,1-4H3/t23-,24+,25-,33+/m1/s1. The van der Waals surface area contributed by atoms with Crippen molar-refractivity contribution in [2.45, 2.75) is 68.1 Å². The summed E-state index contributed by atoms with van der Waals surface area (Å²) in [6.45, 7) is 5.55. The molecule has 11 nitrogen and oxygen atoms in total. The molecule has 0 bridgehead atoms. The van der Waals surface area contributed by atoms with Crippen LogP contribution in [0.15, 0.2) is 76.5 Å². The number of carbonyl (C=O) groups excluding carboxylic acids is 1. The zero-order valence-electron chi connectivity index (χ0n) is 27.9. The number of nitrogens with zero attached hydrogens (tertiary/aromatic N) is 2. The first-order valence-corrected chi connectivity index (χ1v) is 19.6. The van der Waals surface area contributed by atoms with Gasteiger partial charge in [-0.15, -0.1) is 0 Å². The maximum Gasteiger partial charge on any atom is 0.261 e. The van der Waals surface area contributed by atoms with E-state index >= 15 is 0 Å². The molecule has 4 atom stereocenters. The van der Waals surface area contributed by atoms with Gasteiger partial charge < -0.3 is 19.5 Å². The van der Waals surface area contributed by atoms with Crippen molar-refractivity contribution in [1.29, 1.82) is 0 Å². The molecule has 1 amide bonds. The number of hydrogen-bond donors (Lipinski definition) is 2. The molecule has 0 radical (unpaired) electrons. The summed E-state index contributed by atoms with van der Waals surface area (Å²) in [6.07, 6.45) is 1.18. The van der Waals surface area contributed by atoms with E-state index in [0.717, 1.165) is 6.42 Å². The first-order chi connectivity index (χ1) is 23.1. The number of ether oxygens (including phenoxy) is 2. The highest BCUT2D eigenvalue weighted by Crippen LogP contribution is 2.30. The predicted molar refractivity (Wildman–Crippen MR) is 190 cm³/mol. The Morgan fingerprint density at radius 3 is 2.18 bits per heavy atom. The summed E-state index contributed by atoms with van der Waals surface area (Å²) in [7, 11) is -6.42. The molecule has 0 unspecified atom stereocenters. The fourth-order valence-corrected chi connectivity index (χ4v) is 7.90. The second kappa shape index (κ2) is 16.9. The normalized spacial score (nSPS) is 20.6. The van der Waals surface area contributed by atoms with Gasteiger partial charge in [-0.25, -0.2) is 16.8 Å². The molecule has 1 heterocycles. The fourth-order valence-electron chi connectivity index (χ4n) is 5.41. The zero-order valence-corrected chi connectivity index (χ0v) is 31.0.